The van der Waals surface area contributed by atoms with Gasteiger partial charge in [-0.1, -0.05) is 49.6 Å². The van der Waals surface area contributed by atoms with Gasteiger partial charge in [0.25, 0.3) is 5.91 Å². The van der Waals surface area contributed by atoms with Gasteiger partial charge in [0.15, 0.2) is 0 Å². The molecule has 0 saturated heterocycles. The average Bonchev–Trinajstić information content (AvgIpc) is 2.46. The van der Waals surface area contributed by atoms with Crippen LogP contribution >= 0.6 is 0 Å². The Labute approximate surface area is 116 Å². The Hall–Kier alpha value is -1.57. The van der Waals surface area contributed by atoms with Crippen molar-refractivity contribution < 1.29 is 4.79 Å². The lowest BCUT2D eigenvalue weighted by Gasteiger charge is -2.34. The van der Waals surface area contributed by atoms with Crippen molar-refractivity contribution in [2.45, 2.75) is 45.1 Å². The highest BCUT2D eigenvalue weighted by molar-refractivity contribution is 5.94. The second-order valence-electron chi connectivity index (χ2n) is 5.55. The first-order chi connectivity index (χ1) is 9.18. The molecule has 2 nitrogen and oxygen atoms in total. The van der Waals surface area contributed by atoms with E-state index in [0.29, 0.717) is 12.6 Å². The molecule has 1 aliphatic carbocycles. The molecule has 102 valence electrons. The van der Waals surface area contributed by atoms with Crippen LogP contribution in [0.2, 0.25) is 0 Å². The van der Waals surface area contributed by atoms with E-state index in [2.05, 4.69) is 6.58 Å². The first kappa shape index (κ1) is 13.9. The van der Waals surface area contributed by atoms with Gasteiger partial charge in [-0.05, 0) is 31.9 Å². The van der Waals surface area contributed by atoms with Crippen molar-refractivity contribution >= 4 is 5.91 Å². The van der Waals surface area contributed by atoms with Gasteiger partial charge in [0.1, 0.15) is 0 Å². The van der Waals surface area contributed by atoms with Crippen molar-refractivity contribution in [1.82, 2.24) is 4.90 Å². The summed E-state index contributed by atoms with van der Waals surface area (Å²) in [5, 5.41) is 0. The number of carbonyl (C=O) groups is 1. The van der Waals surface area contributed by atoms with E-state index < -0.39 is 0 Å². The zero-order valence-electron chi connectivity index (χ0n) is 11.8. The molecule has 0 spiro atoms. The zero-order valence-corrected chi connectivity index (χ0v) is 11.8. The summed E-state index contributed by atoms with van der Waals surface area (Å²) in [6, 6.07) is 9.98. The quantitative estimate of drug-likeness (QED) is 0.745. The smallest absolute Gasteiger partial charge is 0.254 e. The summed E-state index contributed by atoms with van der Waals surface area (Å²) in [5.74, 6) is 0.149. The first-order valence-electron chi connectivity index (χ1n) is 7.19. The summed E-state index contributed by atoms with van der Waals surface area (Å²) in [6.07, 6.45) is 6.04. The van der Waals surface area contributed by atoms with E-state index in [1.807, 2.05) is 42.2 Å². The van der Waals surface area contributed by atoms with Crippen molar-refractivity contribution in [1.29, 1.82) is 0 Å². The summed E-state index contributed by atoms with van der Waals surface area (Å²) in [5.41, 5.74) is 1.84. The molecule has 0 aliphatic heterocycles. The molecule has 1 aromatic rings. The fraction of sp³-hybridized carbons (Fsp3) is 0.471. The molecule has 0 atom stereocenters. The van der Waals surface area contributed by atoms with Crippen molar-refractivity contribution in [2.24, 2.45) is 0 Å². The molecule has 0 aromatic heterocycles. The minimum atomic E-state index is 0.149. The van der Waals surface area contributed by atoms with Gasteiger partial charge < -0.3 is 4.90 Å². The van der Waals surface area contributed by atoms with Crippen LogP contribution in [0.4, 0.5) is 0 Å². The van der Waals surface area contributed by atoms with Gasteiger partial charge in [0.2, 0.25) is 0 Å². The number of hydrogen-bond donors (Lipinski definition) is 0. The zero-order chi connectivity index (χ0) is 13.7. The fourth-order valence-electron chi connectivity index (χ4n) is 2.80. The molecule has 1 fully saturated rings. The number of benzene rings is 1. The Balaban J connectivity index is 2.16. The van der Waals surface area contributed by atoms with Crippen LogP contribution < -0.4 is 0 Å². The van der Waals surface area contributed by atoms with Crippen molar-refractivity contribution in [3.8, 4) is 0 Å². The maximum atomic E-state index is 12.7. The van der Waals surface area contributed by atoms with Gasteiger partial charge in [-0.2, -0.15) is 0 Å². The molecule has 0 bridgehead atoms. The molecular formula is C17H23NO. The summed E-state index contributed by atoms with van der Waals surface area (Å²) in [4.78, 5) is 14.7. The average molecular weight is 257 g/mol. The lowest BCUT2D eigenvalue weighted by atomic mass is 9.93. The van der Waals surface area contributed by atoms with Crippen LogP contribution in [-0.2, 0) is 0 Å². The maximum Gasteiger partial charge on any atom is 0.254 e. The number of rotatable bonds is 4. The molecule has 0 N–H and O–H groups in total. The third-order valence-electron chi connectivity index (χ3n) is 3.74. The Morgan fingerprint density at radius 3 is 2.42 bits per heavy atom. The monoisotopic (exact) mass is 257 g/mol. The van der Waals surface area contributed by atoms with E-state index in [1.54, 1.807) is 0 Å². The summed E-state index contributed by atoms with van der Waals surface area (Å²) in [6.45, 7) is 6.65. The standard InChI is InChI=1S/C17H23NO/c1-14(2)13-18(16-11-7-4-8-12-16)17(19)15-9-5-3-6-10-15/h3,5-6,9-10,16H,1,4,7-8,11-13H2,2H3. The molecule has 2 rings (SSSR count). The first-order valence-corrected chi connectivity index (χ1v) is 7.19. The molecule has 0 unspecified atom stereocenters. The van der Waals surface area contributed by atoms with E-state index in [9.17, 15) is 4.79 Å². The van der Waals surface area contributed by atoms with Crippen LogP contribution in [0.15, 0.2) is 42.5 Å². The van der Waals surface area contributed by atoms with Crippen molar-refractivity contribution in [3.63, 3.8) is 0 Å². The fourth-order valence-corrected chi connectivity index (χ4v) is 2.80. The molecule has 2 heteroatoms. The normalized spacial score (nSPS) is 16.1. The third kappa shape index (κ3) is 3.69. The van der Waals surface area contributed by atoms with E-state index in [-0.39, 0.29) is 5.91 Å². The number of amides is 1. The molecule has 0 heterocycles. The minimum absolute atomic E-state index is 0.149. The van der Waals surface area contributed by atoms with Gasteiger partial charge in [-0.25, -0.2) is 0 Å². The largest absolute Gasteiger partial charge is 0.332 e. The van der Waals surface area contributed by atoms with Gasteiger partial charge in [-0.15, -0.1) is 0 Å². The molecule has 1 saturated carbocycles. The number of hydrogen-bond acceptors (Lipinski definition) is 1. The SMILES string of the molecule is C=C(C)CN(C(=O)c1ccccc1)C1CCCCC1. The van der Waals surface area contributed by atoms with Gasteiger partial charge in [-0.3, -0.25) is 4.79 Å². The maximum absolute atomic E-state index is 12.7. The predicted octanol–water partition coefficient (Wildman–Crippen LogP) is 4.04. The van der Waals surface area contributed by atoms with Crippen LogP contribution in [0, 0.1) is 0 Å². The van der Waals surface area contributed by atoms with Crippen LogP contribution in [0.1, 0.15) is 49.4 Å². The minimum Gasteiger partial charge on any atom is -0.332 e. The van der Waals surface area contributed by atoms with E-state index >= 15 is 0 Å². The second-order valence-corrected chi connectivity index (χ2v) is 5.55. The van der Waals surface area contributed by atoms with Crippen LogP contribution in [-0.4, -0.2) is 23.4 Å². The molecule has 0 radical (unpaired) electrons. The van der Waals surface area contributed by atoms with E-state index in [0.717, 1.165) is 24.0 Å². The molecule has 1 amide bonds. The Morgan fingerprint density at radius 1 is 1.21 bits per heavy atom. The van der Waals surface area contributed by atoms with Crippen molar-refractivity contribution in [3.05, 3.63) is 48.0 Å². The van der Waals surface area contributed by atoms with Crippen LogP contribution in [0.3, 0.4) is 0 Å². The molecule has 1 aromatic carbocycles. The summed E-state index contributed by atoms with van der Waals surface area (Å²) in [7, 11) is 0. The van der Waals surface area contributed by atoms with Crippen LogP contribution in [0.25, 0.3) is 0 Å². The van der Waals surface area contributed by atoms with E-state index in [4.69, 9.17) is 0 Å². The Kier molecular flexibility index (Phi) is 4.78. The van der Waals surface area contributed by atoms with E-state index in [1.165, 1.54) is 19.3 Å². The highest BCUT2D eigenvalue weighted by Gasteiger charge is 2.25. The van der Waals surface area contributed by atoms with Crippen molar-refractivity contribution in [2.75, 3.05) is 6.54 Å². The third-order valence-corrected chi connectivity index (χ3v) is 3.74. The Bertz CT molecular complexity index is 432. The molecular weight excluding hydrogens is 234 g/mol. The topological polar surface area (TPSA) is 20.3 Å². The summed E-state index contributed by atoms with van der Waals surface area (Å²) >= 11 is 0. The second kappa shape index (κ2) is 6.55. The number of nitrogens with zero attached hydrogens (tertiary/aromatic N) is 1. The highest BCUT2D eigenvalue weighted by atomic mass is 16.2. The van der Waals surface area contributed by atoms with Gasteiger partial charge >= 0.3 is 0 Å². The number of carbonyl (C=O) groups excluding carboxylic acids is 1. The predicted molar refractivity (Wildman–Crippen MR) is 79.2 cm³/mol. The van der Waals surface area contributed by atoms with Gasteiger partial charge in [0, 0.05) is 18.2 Å². The molecule has 1 aliphatic rings. The molecule has 19 heavy (non-hydrogen) atoms. The Morgan fingerprint density at radius 2 is 1.84 bits per heavy atom. The lowest BCUT2D eigenvalue weighted by Crippen LogP contribution is -2.42. The highest BCUT2D eigenvalue weighted by Crippen LogP contribution is 2.24. The van der Waals surface area contributed by atoms with Crippen LogP contribution in [0.5, 0.6) is 0 Å². The lowest BCUT2D eigenvalue weighted by molar-refractivity contribution is 0.0657. The van der Waals surface area contributed by atoms with Gasteiger partial charge in [0.05, 0.1) is 0 Å². The summed E-state index contributed by atoms with van der Waals surface area (Å²) < 4.78 is 0.